The van der Waals surface area contributed by atoms with E-state index in [1.54, 1.807) is 18.2 Å². The summed E-state index contributed by atoms with van der Waals surface area (Å²) >= 11 is 12.0. The lowest BCUT2D eigenvalue weighted by Crippen LogP contribution is -2.40. The Kier molecular flexibility index (Phi) is 7.18. The molecular weight excluding hydrogens is 397 g/mol. The second kappa shape index (κ2) is 9.61. The number of nitrogens with zero attached hydrogens (tertiary/aromatic N) is 2. The van der Waals surface area contributed by atoms with Crippen LogP contribution in [0.3, 0.4) is 0 Å². The van der Waals surface area contributed by atoms with Crippen molar-refractivity contribution in [1.82, 2.24) is 4.90 Å². The topological polar surface area (TPSA) is 44.8 Å². The number of carbonyl (C=O) groups excluding carboxylic acids is 1. The number of anilines is 2. The second-order valence-corrected chi connectivity index (χ2v) is 7.84. The predicted octanol–water partition coefficient (Wildman–Crippen LogP) is 4.29. The van der Waals surface area contributed by atoms with Crippen molar-refractivity contribution in [3.8, 4) is 0 Å². The van der Waals surface area contributed by atoms with Crippen LogP contribution in [0.25, 0.3) is 0 Å². The highest BCUT2D eigenvalue weighted by molar-refractivity contribution is 6.35. The zero-order chi connectivity index (χ0) is 20.1. The number of carbonyl (C=O) groups is 1. The van der Waals surface area contributed by atoms with Crippen LogP contribution in [0.1, 0.15) is 12.5 Å². The van der Waals surface area contributed by atoms with Crippen molar-refractivity contribution in [3.63, 3.8) is 0 Å². The van der Waals surface area contributed by atoms with Crippen LogP contribution in [0.5, 0.6) is 0 Å². The van der Waals surface area contributed by atoms with Crippen molar-refractivity contribution < 1.29 is 9.53 Å². The summed E-state index contributed by atoms with van der Waals surface area (Å²) in [5.74, 6) is -0.107. The lowest BCUT2D eigenvalue weighted by atomic mass is 10.1. The number of ether oxygens (including phenoxy) is 1. The predicted molar refractivity (Wildman–Crippen MR) is 115 cm³/mol. The Morgan fingerprint density at radius 2 is 1.82 bits per heavy atom. The maximum Gasteiger partial charge on any atom is 0.241 e. The molecule has 1 atom stereocenters. The van der Waals surface area contributed by atoms with Crippen molar-refractivity contribution >= 4 is 40.5 Å². The van der Waals surface area contributed by atoms with E-state index in [4.69, 9.17) is 27.9 Å². The van der Waals surface area contributed by atoms with E-state index < -0.39 is 0 Å². The fourth-order valence-corrected chi connectivity index (χ4v) is 3.76. The Balaban J connectivity index is 1.67. The van der Waals surface area contributed by atoms with Gasteiger partial charge in [0, 0.05) is 41.1 Å². The minimum Gasteiger partial charge on any atom is -0.378 e. The van der Waals surface area contributed by atoms with Crippen molar-refractivity contribution in [3.05, 3.63) is 58.1 Å². The number of rotatable bonds is 6. The molecule has 2 aromatic rings. The van der Waals surface area contributed by atoms with Crippen LogP contribution in [-0.2, 0) is 16.1 Å². The van der Waals surface area contributed by atoms with Gasteiger partial charge in [0.2, 0.25) is 5.91 Å². The summed E-state index contributed by atoms with van der Waals surface area (Å²) in [5, 5.41) is 3.87. The van der Waals surface area contributed by atoms with Gasteiger partial charge in [-0.3, -0.25) is 9.69 Å². The number of halogens is 2. The van der Waals surface area contributed by atoms with Gasteiger partial charge in [0.15, 0.2) is 0 Å². The molecule has 0 bridgehead atoms. The molecule has 1 N–H and O–H groups in total. The van der Waals surface area contributed by atoms with E-state index in [0.717, 1.165) is 26.3 Å². The molecule has 1 aliphatic rings. The van der Waals surface area contributed by atoms with Gasteiger partial charge in [-0.15, -0.1) is 0 Å². The van der Waals surface area contributed by atoms with Crippen LogP contribution in [-0.4, -0.2) is 50.2 Å². The van der Waals surface area contributed by atoms with Crippen LogP contribution in [0.2, 0.25) is 10.0 Å². The van der Waals surface area contributed by atoms with Gasteiger partial charge in [-0.2, -0.15) is 0 Å². The molecule has 1 fully saturated rings. The maximum atomic E-state index is 12.7. The van der Waals surface area contributed by atoms with Crippen molar-refractivity contribution in [2.75, 3.05) is 43.6 Å². The highest BCUT2D eigenvalue weighted by atomic mass is 35.5. The van der Waals surface area contributed by atoms with Crippen molar-refractivity contribution in [2.45, 2.75) is 19.5 Å². The molecule has 28 heavy (non-hydrogen) atoms. The lowest BCUT2D eigenvalue weighted by molar-refractivity contribution is -0.120. The minimum absolute atomic E-state index is 0.107. The van der Waals surface area contributed by atoms with Gasteiger partial charge in [-0.25, -0.2) is 0 Å². The number of nitrogens with one attached hydrogen (secondary N) is 1. The molecule has 0 unspecified atom stereocenters. The van der Waals surface area contributed by atoms with Gasteiger partial charge in [0.25, 0.3) is 0 Å². The standard InChI is InChI=1S/C21H25Cl2N3O2/c1-15(21(27)24-19-12-17(22)11-18(23)13-19)25(2)14-16-5-3-4-6-20(16)26-7-9-28-10-8-26/h3-6,11-13,15H,7-10,14H2,1-2H3,(H,24,27)/t15-/m0/s1. The van der Waals surface area contributed by atoms with E-state index in [1.807, 2.05) is 31.0 Å². The molecule has 2 aromatic carbocycles. The molecule has 0 aliphatic carbocycles. The minimum atomic E-state index is -0.324. The summed E-state index contributed by atoms with van der Waals surface area (Å²) in [6, 6.07) is 13.0. The van der Waals surface area contributed by atoms with E-state index >= 15 is 0 Å². The summed E-state index contributed by atoms with van der Waals surface area (Å²) < 4.78 is 5.46. The fraction of sp³-hybridized carbons (Fsp3) is 0.381. The number of para-hydroxylation sites is 1. The van der Waals surface area contributed by atoms with Gasteiger partial charge >= 0.3 is 0 Å². The monoisotopic (exact) mass is 421 g/mol. The van der Waals surface area contributed by atoms with Gasteiger partial charge in [0.1, 0.15) is 0 Å². The molecule has 1 aliphatic heterocycles. The molecular formula is C21H25Cl2N3O2. The maximum absolute atomic E-state index is 12.7. The zero-order valence-electron chi connectivity index (χ0n) is 16.1. The third kappa shape index (κ3) is 5.39. The summed E-state index contributed by atoms with van der Waals surface area (Å²) in [7, 11) is 1.95. The first-order valence-electron chi connectivity index (χ1n) is 9.32. The Bertz CT molecular complexity index is 805. The van der Waals surface area contributed by atoms with Gasteiger partial charge in [-0.1, -0.05) is 41.4 Å². The van der Waals surface area contributed by atoms with Crippen LogP contribution >= 0.6 is 23.2 Å². The Morgan fingerprint density at radius 1 is 1.18 bits per heavy atom. The molecule has 0 spiro atoms. The quantitative estimate of drug-likeness (QED) is 0.755. The number of amides is 1. The summed E-state index contributed by atoms with van der Waals surface area (Å²) in [5.41, 5.74) is 2.99. The van der Waals surface area contributed by atoms with E-state index in [1.165, 1.54) is 11.3 Å². The van der Waals surface area contributed by atoms with Gasteiger partial charge in [-0.05, 0) is 43.8 Å². The molecule has 1 saturated heterocycles. The Morgan fingerprint density at radius 3 is 2.50 bits per heavy atom. The zero-order valence-corrected chi connectivity index (χ0v) is 17.6. The molecule has 0 aromatic heterocycles. The molecule has 1 heterocycles. The molecule has 0 radical (unpaired) electrons. The number of likely N-dealkylation sites (N-methyl/N-ethyl adjacent to an activating group) is 1. The van der Waals surface area contributed by atoms with Crippen LogP contribution in [0, 0.1) is 0 Å². The van der Waals surface area contributed by atoms with Gasteiger partial charge in [0.05, 0.1) is 19.3 Å². The summed E-state index contributed by atoms with van der Waals surface area (Å²) in [4.78, 5) is 17.1. The average Bonchev–Trinajstić information content (AvgIpc) is 2.67. The first kappa shape index (κ1) is 20.9. The van der Waals surface area contributed by atoms with Crippen LogP contribution < -0.4 is 10.2 Å². The van der Waals surface area contributed by atoms with Crippen molar-refractivity contribution in [2.24, 2.45) is 0 Å². The van der Waals surface area contributed by atoms with E-state index in [9.17, 15) is 4.79 Å². The molecule has 5 nitrogen and oxygen atoms in total. The summed E-state index contributed by atoms with van der Waals surface area (Å²) in [6.07, 6.45) is 0. The highest BCUT2D eigenvalue weighted by Crippen LogP contribution is 2.25. The Labute approximate surface area is 176 Å². The number of morpholine rings is 1. The van der Waals surface area contributed by atoms with Crippen LogP contribution in [0.15, 0.2) is 42.5 Å². The van der Waals surface area contributed by atoms with E-state index in [0.29, 0.717) is 22.3 Å². The highest BCUT2D eigenvalue weighted by Gasteiger charge is 2.21. The number of hydrogen-bond donors (Lipinski definition) is 1. The molecule has 150 valence electrons. The lowest BCUT2D eigenvalue weighted by Gasteiger charge is -2.32. The van der Waals surface area contributed by atoms with Gasteiger partial charge < -0.3 is 15.0 Å². The third-order valence-corrected chi connectivity index (χ3v) is 5.37. The Hall–Kier alpha value is -1.79. The largest absolute Gasteiger partial charge is 0.378 e. The smallest absolute Gasteiger partial charge is 0.241 e. The third-order valence-electron chi connectivity index (χ3n) is 4.93. The number of benzene rings is 2. The second-order valence-electron chi connectivity index (χ2n) is 6.97. The van der Waals surface area contributed by atoms with E-state index in [2.05, 4.69) is 22.3 Å². The normalized spacial score (nSPS) is 15.5. The first-order valence-corrected chi connectivity index (χ1v) is 10.1. The summed E-state index contributed by atoms with van der Waals surface area (Å²) in [6.45, 7) is 5.80. The fourth-order valence-electron chi connectivity index (χ4n) is 3.24. The van der Waals surface area contributed by atoms with E-state index in [-0.39, 0.29) is 11.9 Å². The SMILES string of the molecule is C[C@@H](C(=O)Nc1cc(Cl)cc(Cl)c1)N(C)Cc1ccccc1N1CCOCC1. The number of hydrogen-bond acceptors (Lipinski definition) is 4. The molecule has 0 saturated carbocycles. The van der Waals surface area contributed by atoms with Crippen LogP contribution in [0.4, 0.5) is 11.4 Å². The first-order chi connectivity index (χ1) is 13.4. The molecule has 3 rings (SSSR count). The van der Waals surface area contributed by atoms with Crippen molar-refractivity contribution in [1.29, 1.82) is 0 Å². The molecule has 7 heteroatoms. The average molecular weight is 422 g/mol. The molecule has 1 amide bonds.